The maximum Gasteiger partial charge on any atom is 0.297 e. The first-order valence-corrected chi connectivity index (χ1v) is 12.3. The first kappa shape index (κ1) is 23.0. The Morgan fingerprint density at radius 2 is 1.74 bits per heavy atom. The van der Waals surface area contributed by atoms with E-state index in [-0.39, 0.29) is 22.6 Å². The SMILES string of the molecule is CCC(=O)C(C)N1C(=O)/C(=C/c2cc(CC)c3c(c2)c2ccccc2n3-c2ccccc2)OC1=S. The number of ether oxygens (including phenoxy) is 1. The number of aromatic nitrogens is 1. The first-order chi connectivity index (χ1) is 16.9. The molecule has 35 heavy (non-hydrogen) atoms. The van der Waals surface area contributed by atoms with Crippen LogP contribution in [0, 0.1) is 0 Å². The maximum atomic E-state index is 13.1. The molecule has 1 unspecified atom stereocenters. The summed E-state index contributed by atoms with van der Waals surface area (Å²) in [6.07, 6.45) is 2.87. The molecule has 0 N–H and O–H groups in total. The average Bonchev–Trinajstić information content (AvgIpc) is 3.36. The van der Waals surface area contributed by atoms with Gasteiger partial charge in [0, 0.05) is 22.9 Å². The third-order valence-corrected chi connectivity index (χ3v) is 6.87. The van der Waals surface area contributed by atoms with Gasteiger partial charge in [0.15, 0.2) is 11.5 Å². The van der Waals surface area contributed by atoms with Crippen LogP contribution in [0.4, 0.5) is 0 Å². The Kier molecular flexibility index (Phi) is 5.99. The van der Waals surface area contributed by atoms with Crippen molar-refractivity contribution in [1.82, 2.24) is 9.47 Å². The number of thiocarbonyl (C=S) groups is 1. The zero-order valence-corrected chi connectivity index (χ0v) is 20.8. The molecular weight excluding hydrogens is 456 g/mol. The number of nitrogens with zero attached hydrogens (tertiary/aromatic N) is 2. The fourth-order valence-electron chi connectivity index (χ4n) is 4.81. The van der Waals surface area contributed by atoms with Crippen LogP contribution in [0.2, 0.25) is 0 Å². The van der Waals surface area contributed by atoms with Crippen molar-refractivity contribution in [3.8, 4) is 5.69 Å². The number of carbonyl (C=O) groups is 2. The smallest absolute Gasteiger partial charge is 0.297 e. The fourth-order valence-corrected chi connectivity index (χ4v) is 5.14. The minimum atomic E-state index is -0.650. The number of carbonyl (C=O) groups excluding carboxylic acids is 2. The molecule has 1 fully saturated rings. The summed E-state index contributed by atoms with van der Waals surface area (Å²) in [5, 5.41) is 2.27. The lowest BCUT2D eigenvalue weighted by atomic mass is 10.0. The molecule has 1 amide bonds. The number of rotatable bonds is 6. The summed E-state index contributed by atoms with van der Waals surface area (Å²) in [6, 6.07) is 22.2. The molecule has 5 rings (SSSR count). The molecule has 6 heteroatoms. The molecule has 1 aromatic heterocycles. The second-order valence-corrected chi connectivity index (χ2v) is 9.01. The van der Waals surface area contributed by atoms with Gasteiger partial charge < -0.3 is 9.30 Å². The zero-order chi connectivity index (χ0) is 24.7. The Bertz CT molecular complexity index is 1520. The van der Waals surface area contributed by atoms with E-state index in [0.29, 0.717) is 6.42 Å². The molecule has 0 spiro atoms. The van der Waals surface area contributed by atoms with Crippen LogP contribution in [-0.2, 0) is 20.7 Å². The predicted molar refractivity (Wildman–Crippen MR) is 143 cm³/mol. The monoisotopic (exact) mass is 482 g/mol. The second kappa shape index (κ2) is 9.12. The van der Waals surface area contributed by atoms with Gasteiger partial charge in [-0.05, 0) is 73.1 Å². The number of aryl methyl sites for hydroxylation is 1. The van der Waals surface area contributed by atoms with Crippen molar-refractivity contribution in [2.75, 3.05) is 0 Å². The summed E-state index contributed by atoms with van der Waals surface area (Å²) < 4.78 is 7.96. The number of hydrogen-bond donors (Lipinski definition) is 0. The Hall–Kier alpha value is -3.77. The maximum absolute atomic E-state index is 13.1. The number of amides is 1. The molecular formula is C29H26N2O3S. The lowest BCUT2D eigenvalue weighted by Crippen LogP contribution is -2.41. The van der Waals surface area contributed by atoms with Crippen LogP contribution in [0.15, 0.2) is 72.5 Å². The van der Waals surface area contributed by atoms with Gasteiger partial charge in [0.05, 0.1) is 17.1 Å². The molecule has 4 aromatic rings. The van der Waals surface area contributed by atoms with Crippen LogP contribution in [0.1, 0.15) is 38.3 Å². The van der Waals surface area contributed by atoms with Crippen LogP contribution in [0.5, 0.6) is 0 Å². The molecule has 0 bridgehead atoms. The highest BCUT2D eigenvalue weighted by Gasteiger charge is 2.39. The van der Waals surface area contributed by atoms with E-state index >= 15 is 0 Å². The van der Waals surface area contributed by atoms with Gasteiger partial charge in [0.25, 0.3) is 11.1 Å². The molecule has 0 radical (unpaired) electrons. The number of hydrogen-bond acceptors (Lipinski definition) is 4. The highest BCUT2D eigenvalue weighted by Crippen LogP contribution is 2.36. The van der Waals surface area contributed by atoms with Crippen molar-refractivity contribution < 1.29 is 14.3 Å². The number of benzene rings is 3. The summed E-state index contributed by atoms with van der Waals surface area (Å²) in [6.45, 7) is 5.58. The average molecular weight is 483 g/mol. The molecule has 1 aliphatic rings. The van der Waals surface area contributed by atoms with Gasteiger partial charge >= 0.3 is 0 Å². The topological polar surface area (TPSA) is 51.5 Å². The van der Waals surface area contributed by atoms with E-state index in [2.05, 4.69) is 54.0 Å². The van der Waals surface area contributed by atoms with Crippen molar-refractivity contribution in [1.29, 1.82) is 0 Å². The van der Waals surface area contributed by atoms with E-state index in [0.717, 1.165) is 45.0 Å². The summed E-state index contributed by atoms with van der Waals surface area (Å²) >= 11 is 5.29. The van der Waals surface area contributed by atoms with Crippen molar-refractivity contribution in [3.05, 3.63) is 83.6 Å². The third kappa shape index (κ3) is 3.84. The van der Waals surface area contributed by atoms with Crippen molar-refractivity contribution in [2.45, 2.75) is 39.7 Å². The molecule has 5 nitrogen and oxygen atoms in total. The van der Waals surface area contributed by atoms with Crippen molar-refractivity contribution >= 4 is 57.0 Å². The Morgan fingerprint density at radius 1 is 1.03 bits per heavy atom. The zero-order valence-electron chi connectivity index (χ0n) is 19.9. The number of Topliss-reactive ketones (excluding diaryl/α,β-unsaturated/α-hetero) is 1. The van der Waals surface area contributed by atoms with Gasteiger partial charge in [-0.1, -0.05) is 50.2 Å². The molecule has 3 aromatic carbocycles. The van der Waals surface area contributed by atoms with Gasteiger partial charge in [0.1, 0.15) is 0 Å². The van der Waals surface area contributed by atoms with Crippen LogP contribution < -0.4 is 0 Å². The van der Waals surface area contributed by atoms with E-state index in [1.54, 1.807) is 19.9 Å². The van der Waals surface area contributed by atoms with E-state index in [9.17, 15) is 9.59 Å². The quantitative estimate of drug-likeness (QED) is 0.243. The molecule has 2 heterocycles. The standard InChI is InChI=1S/C29H26N2O3S/c1-4-20-15-19(17-26-28(33)30(29(35)34-26)18(3)25(32)5-2)16-23-22-13-9-10-14-24(22)31(27(20)23)21-11-7-6-8-12-21/h6-18H,4-5H2,1-3H3/b26-17-. The number of para-hydroxylation sites is 2. The van der Waals surface area contributed by atoms with Gasteiger partial charge in [-0.2, -0.15) is 0 Å². The van der Waals surface area contributed by atoms with E-state index < -0.39 is 6.04 Å². The van der Waals surface area contributed by atoms with Crippen molar-refractivity contribution in [3.63, 3.8) is 0 Å². The highest BCUT2D eigenvalue weighted by molar-refractivity contribution is 7.80. The Morgan fingerprint density at radius 3 is 2.46 bits per heavy atom. The predicted octanol–water partition coefficient (Wildman–Crippen LogP) is 6.20. The summed E-state index contributed by atoms with van der Waals surface area (Å²) in [5.74, 6) is -0.304. The molecule has 176 valence electrons. The lowest BCUT2D eigenvalue weighted by Gasteiger charge is -2.19. The minimum absolute atomic E-state index is 0.0213. The normalized spacial score (nSPS) is 15.9. The van der Waals surface area contributed by atoms with Crippen LogP contribution in [-0.4, -0.2) is 32.4 Å². The third-order valence-electron chi connectivity index (χ3n) is 6.59. The van der Waals surface area contributed by atoms with Gasteiger partial charge in [-0.3, -0.25) is 14.5 Å². The van der Waals surface area contributed by atoms with Crippen LogP contribution in [0.3, 0.4) is 0 Å². The lowest BCUT2D eigenvalue weighted by molar-refractivity contribution is -0.131. The molecule has 0 aliphatic carbocycles. The summed E-state index contributed by atoms with van der Waals surface area (Å²) in [4.78, 5) is 26.6. The van der Waals surface area contributed by atoms with Gasteiger partial charge in [0.2, 0.25) is 0 Å². The molecule has 1 atom stereocenters. The largest absolute Gasteiger partial charge is 0.426 e. The second-order valence-electron chi connectivity index (χ2n) is 8.67. The van der Waals surface area contributed by atoms with E-state index in [4.69, 9.17) is 17.0 Å². The summed E-state index contributed by atoms with van der Waals surface area (Å²) in [5.41, 5.74) is 5.40. The van der Waals surface area contributed by atoms with Gasteiger partial charge in [-0.15, -0.1) is 0 Å². The Labute approximate surface area is 209 Å². The van der Waals surface area contributed by atoms with Crippen molar-refractivity contribution in [2.24, 2.45) is 0 Å². The van der Waals surface area contributed by atoms with E-state index in [1.165, 1.54) is 4.90 Å². The minimum Gasteiger partial charge on any atom is -0.426 e. The summed E-state index contributed by atoms with van der Waals surface area (Å²) in [7, 11) is 0. The first-order valence-electron chi connectivity index (χ1n) is 11.9. The van der Waals surface area contributed by atoms with E-state index in [1.807, 2.05) is 24.3 Å². The van der Waals surface area contributed by atoms with Gasteiger partial charge in [-0.25, -0.2) is 0 Å². The highest BCUT2D eigenvalue weighted by atomic mass is 32.1. The molecule has 0 saturated carbocycles. The van der Waals surface area contributed by atoms with Crippen LogP contribution in [0.25, 0.3) is 33.6 Å². The number of fused-ring (bicyclic) bond motifs is 3. The molecule has 1 saturated heterocycles. The fraction of sp³-hybridized carbons (Fsp3) is 0.207. The molecule has 1 aliphatic heterocycles. The Balaban J connectivity index is 1.67. The van der Waals surface area contributed by atoms with Crippen LogP contribution >= 0.6 is 12.2 Å². The number of ketones is 1.